The lowest BCUT2D eigenvalue weighted by molar-refractivity contribution is -0.120. The predicted molar refractivity (Wildman–Crippen MR) is 121 cm³/mol. The number of carbonyl (C=O) groups is 1. The van der Waals surface area contributed by atoms with E-state index < -0.39 is 0 Å². The smallest absolute Gasteiger partial charge is 0.298 e. The molecule has 0 amide bonds. The first-order chi connectivity index (χ1) is 15.2. The summed E-state index contributed by atoms with van der Waals surface area (Å²) in [5.41, 5.74) is 1.39. The van der Waals surface area contributed by atoms with Gasteiger partial charge in [0.05, 0.1) is 12.1 Å². The molecule has 0 aliphatic rings. The van der Waals surface area contributed by atoms with Crippen LogP contribution in [-0.4, -0.2) is 17.6 Å². The highest BCUT2D eigenvalue weighted by molar-refractivity contribution is 5.89. The number of hydrogen-bond acceptors (Lipinski definition) is 5. The first-order valence-electron chi connectivity index (χ1n) is 10.8. The molecule has 0 bridgehead atoms. The number of hydrogen-bond donors (Lipinski definition) is 0. The Hall–Kier alpha value is -3.28. The molecule has 31 heavy (non-hydrogen) atoms. The van der Waals surface area contributed by atoms with Crippen LogP contribution < -0.4 is 19.8 Å². The quantitative estimate of drug-likeness (QED) is 0.300. The topological polar surface area (TPSA) is 66.8 Å². The summed E-state index contributed by atoms with van der Waals surface area (Å²) >= 11 is 0. The van der Waals surface area contributed by atoms with Gasteiger partial charge in [-0.1, -0.05) is 57.0 Å². The van der Waals surface area contributed by atoms with Gasteiger partial charge in [-0.25, -0.2) is 0 Å². The number of rotatable bonds is 12. The van der Waals surface area contributed by atoms with Crippen molar-refractivity contribution in [3.05, 3.63) is 64.4 Å². The molecule has 0 saturated heterocycles. The number of nitrogens with zero attached hydrogens (tertiary/aromatic N) is 1. The highest BCUT2D eigenvalue weighted by Crippen LogP contribution is 2.35. The molecule has 0 spiro atoms. The van der Waals surface area contributed by atoms with Gasteiger partial charge in [-0.3, -0.25) is 9.59 Å². The number of aromatic nitrogens is 1. The van der Waals surface area contributed by atoms with E-state index in [1.54, 1.807) is 4.57 Å². The summed E-state index contributed by atoms with van der Waals surface area (Å²) in [6, 6.07) is 15.5. The average Bonchev–Trinajstić information content (AvgIpc) is 2.80. The maximum absolute atomic E-state index is 13.2. The van der Waals surface area contributed by atoms with Crippen molar-refractivity contribution in [3.63, 3.8) is 0 Å². The van der Waals surface area contributed by atoms with E-state index in [0.29, 0.717) is 36.8 Å². The molecule has 3 aromatic rings. The van der Waals surface area contributed by atoms with E-state index in [-0.39, 0.29) is 17.8 Å². The fourth-order valence-electron chi connectivity index (χ4n) is 3.36. The van der Waals surface area contributed by atoms with Crippen LogP contribution in [0, 0.1) is 0 Å². The average molecular weight is 424 g/mol. The largest absolute Gasteiger partial charge is 0.489 e. The molecule has 1 heterocycles. The zero-order valence-electron chi connectivity index (χ0n) is 18.1. The lowest BCUT2D eigenvalue weighted by atomic mass is 10.1. The molecule has 0 saturated carbocycles. The molecule has 0 fully saturated rings. The Bertz CT molecular complexity index is 1060. The summed E-state index contributed by atoms with van der Waals surface area (Å²) in [4.78, 5) is 24.3. The van der Waals surface area contributed by atoms with Gasteiger partial charge < -0.3 is 18.8 Å². The lowest BCUT2D eigenvalue weighted by Gasteiger charge is -2.18. The molecule has 0 N–H and O–H groups in total. The summed E-state index contributed by atoms with van der Waals surface area (Å²) in [6.07, 6.45) is 3.53. The molecular weight excluding hydrogens is 394 g/mol. The molecular formula is C25H29NO5. The number of carbonyl (C=O) groups excluding carboxylic acids is 1. The molecule has 0 unspecified atom stereocenters. The van der Waals surface area contributed by atoms with Gasteiger partial charge in [0.15, 0.2) is 5.75 Å². The minimum absolute atomic E-state index is 0.0624. The predicted octanol–water partition coefficient (Wildman–Crippen LogP) is 5.09. The standard InChI is InChI=1S/C25H29NO5/c1-3-5-14-26-22-16-20(30-17-19-10-8-7-9-11-19)12-13-21(22)23(29-15-6-4-2)24(25(26)28)31-18-27/h7-13,16,18H,3-6,14-15,17H2,1-2H3. The second-order valence-electron chi connectivity index (χ2n) is 7.34. The molecule has 0 atom stereocenters. The van der Waals surface area contributed by atoms with E-state index >= 15 is 0 Å². The van der Waals surface area contributed by atoms with E-state index in [1.165, 1.54) is 0 Å². The molecule has 0 aliphatic heterocycles. The Balaban J connectivity index is 2.06. The summed E-state index contributed by atoms with van der Waals surface area (Å²) < 4.78 is 18.6. The Morgan fingerprint density at radius 2 is 1.71 bits per heavy atom. The fourth-order valence-corrected chi connectivity index (χ4v) is 3.36. The van der Waals surface area contributed by atoms with Gasteiger partial charge >= 0.3 is 0 Å². The lowest BCUT2D eigenvalue weighted by Crippen LogP contribution is -2.24. The SMILES string of the molecule is CCCCOc1c(OC=O)c(=O)n(CCCC)c2cc(OCc3ccccc3)ccc12. The zero-order valence-corrected chi connectivity index (χ0v) is 18.1. The second kappa shape index (κ2) is 11.2. The fraction of sp³-hybridized carbons (Fsp3) is 0.360. The van der Waals surface area contributed by atoms with Crippen molar-refractivity contribution in [3.8, 4) is 17.2 Å². The zero-order chi connectivity index (χ0) is 22.1. The van der Waals surface area contributed by atoms with Crippen molar-refractivity contribution in [2.75, 3.05) is 6.61 Å². The van der Waals surface area contributed by atoms with E-state index in [0.717, 1.165) is 36.6 Å². The first-order valence-corrected chi connectivity index (χ1v) is 10.8. The van der Waals surface area contributed by atoms with Crippen LogP contribution in [0.4, 0.5) is 0 Å². The molecule has 1 aromatic heterocycles. The van der Waals surface area contributed by atoms with Gasteiger partial charge in [-0.2, -0.15) is 0 Å². The van der Waals surface area contributed by atoms with E-state index in [4.69, 9.17) is 14.2 Å². The highest BCUT2D eigenvalue weighted by atomic mass is 16.5. The molecule has 164 valence electrons. The highest BCUT2D eigenvalue weighted by Gasteiger charge is 2.20. The van der Waals surface area contributed by atoms with Crippen LogP contribution in [0.5, 0.6) is 17.2 Å². The molecule has 6 nitrogen and oxygen atoms in total. The normalized spacial score (nSPS) is 10.8. The van der Waals surface area contributed by atoms with Crippen LogP contribution in [0.1, 0.15) is 45.1 Å². The van der Waals surface area contributed by atoms with E-state index in [2.05, 4.69) is 13.8 Å². The van der Waals surface area contributed by atoms with Crippen molar-refractivity contribution in [1.29, 1.82) is 0 Å². The monoisotopic (exact) mass is 423 g/mol. The Kier molecular flexibility index (Phi) is 8.10. The number of fused-ring (bicyclic) bond motifs is 1. The van der Waals surface area contributed by atoms with E-state index in [1.807, 2.05) is 48.5 Å². The minimum atomic E-state index is -0.375. The molecule has 0 radical (unpaired) electrons. The van der Waals surface area contributed by atoms with Gasteiger partial charge in [-0.05, 0) is 30.5 Å². The van der Waals surface area contributed by atoms with Crippen molar-refractivity contribution in [2.45, 2.75) is 52.7 Å². The molecule has 0 aliphatic carbocycles. The van der Waals surface area contributed by atoms with Gasteiger partial charge in [-0.15, -0.1) is 0 Å². The molecule has 2 aromatic carbocycles. The Morgan fingerprint density at radius 3 is 2.42 bits per heavy atom. The Morgan fingerprint density at radius 1 is 0.935 bits per heavy atom. The van der Waals surface area contributed by atoms with Crippen LogP contribution in [0.15, 0.2) is 53.3 Å². The third kappa shape index (κ3) is 5.45. The summed E-state index contributed by atoms with van der Waals surface area (Å²) in [5.74, 6) is 0.903. The number of unbranched alkanes of at least 4 members (excludes halogenated alkanes) is 2. The molecule has 6 heteroatoms. The second-order valence-corrected chi connectivity index (χ2v) is 7.34. The third-order valence-electron chi connectivity index (χ3n) is 5.04. The van der Waals surface area contributed by atoms with Gasteiger partial charge in [0.1, 0.15) is 12.4 Å². The number of ether oxygens (including phenoxy) is 3. The number of benzene rings is 2. The maximum atomic E-state index is 13.2. The van der Waals surface area contributed by atoms with Crippen LogP contribution in [0.2, 0.25) is 0 Å². The minimum Gasteiger partial charge on any atom is -0.489 e. The van der Waals surface area contributed by atoms with Gasteiger partial charge in [0, 0.05) is 18.0 Å². The summed E-state index contributed by atoms with van der Waals surface area (Å²) in [6.45, 7) is 5.77. The van der Waals surface area contributed by atoms with Gasteiger partial charge in [0.25, 0.3) is 12.0 Å². The van der Waals surface area contributed by atoms with Crippen LogP contribution in [0.3, 0.4) is 0 Å². The van der Waals surface area contributed by atoms with Gasteiger partial charge in [0.2, 0.25) is 5.75 Å². The van der Waals surface area contributed by atoms with Crippen LogP contribution >= 0.6 is 0 Å². The van der Waals surface area contributed by atoms with Crippen molar-refractivity contribution < 1.29 is 19.0 Å². The maximum Gasteiger partial charge on any atom is 0.298 e. The summed E-state index contributed by atoms with van der Waals surface area (Å²) in [7, 11) is 0. The van der Waals surface area contributed by atoms with Crippen molar-refractivity contribution >= 4 is 17.4 Å². The van der Waals surface area contributed by atoms with Crippen molar-refractivity contribution in [1.82, 2.24) is 4.57 Å². The van der Waals surface area contributed by atoms with Crippen molar-refractivity contribution in [2.24, 2.45) is 0 Å². The van der Waals surface area contributed by atoms with E-state index in [9.17, 15) is 9.59 Å². The van der Waals surface area contributed by atoms with Crippen LogP contribution in [-0.2, 0) is 17.9 Å². The van der Waals surface area contributed by atoms with Crippen LogP contribution in [0.25, 0.3) is 10.9 Å². The molecule has 3 rings (SSSR count). The Labute approximate surface area is 182 Å². The number of pyridine rings is 1. The third-order valence-corrected chi connectivity index (χ3v) is 5.04. The summed E-state index contributed by atoms with van der Waals surface area (Å²) in [5, 5.41) is 0.718. The number of aryl methyl sites for hydroxylation is 1. The first kappa shape index (κ1) is 22.4.